The number of carboxylic acids is 1. The van der Waals surface area contributed by atoms with Crippen LogP contribution in [0.4, 0.5) is 0 Å². The van der Waals surface area contributed by atoms with Gasteiger partial charge in [0, 0.05) is 0 Å². The summed E-state index contributed by atoms with van der Waals surface area (Å²) in [4.78, 5) is 11.4. The monoisotopic (exact) mass is 254 g/mol. The van der Waals surface area contributed by atoms with Crippen molar-refractivity contribution in [3.63, 3.8) is 0 Å². The zero-order valence-electron chi connectivity index (χ0n) is 11.3. The Hall–Kier alpha value is -2.35. The highest BCUT2D eigenvalue weighted by Gasteiger charge is 2.15. The molecule has 19 heavy (non-hydrogen) atoms. The molecule has 98 valence electrons. The first-order valence-electron chi connectivity index (χ1n) is 6.01. The zero-order chi connectivity index (χ0) is 14.4. The molecule has 0 heterocycles. The normalized spacial score (nSPS) is 11.1. The molecule has 0 spiro atoms. The van der Waals surface area contributed by atoms with Crippen LogP contribution in [0.15, 0.2) is 37.5 Å². The first-order chi connectivity index (χ1) is 9.06. The van der Waals surface area contributed by atoms with Crippen molar-refractivity contribution in [1.82, 2.24) is 0 Å². The fourth-order valence-electron chi connectivity index (χ4n) is 2.02. The van der Waals surface area contributed by atoms with Gasteiger partial charge in [-0.15, -0.1) is 0 Å². The standard InChI is InChI=1S/C17H18O2/c1-5-8-10-15-12(4)14(7-3)13(9-6-2)11-16(15)17(18)19/h5-11H,1,3H2,2,4H3,(H,18,19)/b9-6-,10-8-. The number of allylic oxidation sites excluding steroid dienone is 3. The molecule has 0 atom stereocenters. The fraction of sp³-hybridized carbons (Fsp3) is 0.118. The molecule has 0 amide bonds. The van der Waals surface area contributed by atoms with Gasteiger partial charge in [-0.05, 0) is 42.2 Å². The lowest BCUT2D eigenvalue weighted by atomic mass is 9.91. The molecular weight excluding hydrogens is 236 g/mol. The van der Waals surface area contributed by atoms with Crippen molar-refractivity contribution < 1.29 is 9.90 Å². The smallest absolute Gasteiger partial charge is 0.336 e. The SMILES string of the molecule is C=C/C=C\c1c(C(=O)O)cc(/C=C\C)c(C=C)c1C. The third kappa shape index (κ3) is 3.10. The highest BCUT2D eigenvalue weighted by Crippen LogP contribution is 2.26. The number of rotatable bonds is 5. The van der Waals surface area contributed by atoms with Crippen LogP contribution in [0, 0.1) is 6.92 Å². The Labute approximate surface area is 114 Å². The summed E-state index contributed by atoms with van der Waals surface area (Å²) in [6, 6.07) is 1.68. The van der Waals surface area contributed by atoms with Gasteiger partial charge in [-0.1, -0.05) is 49.6 Å². The van der Waals surface area contributed by atoms with Crippen LogP contribution >= 0.6 is 0 Å². The van der Waals surface area contributed by atoms with Crippen molar-refractivity contribution in [2.24, 2.45) is 0 Å². The number of carboxylic acid groups (broad SMARTS) is 1. The van der Waals surface area contributed by atoms with Gasteiger partial charge in [0.2, 0.25) is 0 Å². The molecule has 0 aliphatic rings. The van der Waals surface area contributed by atoms with E-state index in [0.29, 0.717) is 5.56 Å². The van der Waals surface area contributed by atoms with Crippen LogP contribution in [0.25, 0.3) is 18.2 Å². The van der Waals surface area contributed by atoms with Gasteiger partial charge in [0.15, 0.2) is 0 Å². The van der Waals surface area contributed by atoms with Gasteiger partial charge in [-0.25, -0.2) is 4.79 Å². The molecule has 0 aliphatic heterocycles. The Morgan fingerprint density at radius 2 is 1.95 bits per heavy atom. The second-order valence-corrected chi connectivity index (χ2v) is 4.07. The Morgan fingerprint density at radius 1 is 1.26 bits per heavy atom. The van der Waals surface area contributed by atoms with Gasteiger partial charge >= 0.3 is 5.97 Å². The van der Waals surface area contributed by atoms with Gasteiger partial charge in [0.05, 0.1) is 5.56 Å². The molecule has 0 unspecified atom stereocenters. The molecule has 0 bridgehead atoms. The summed E-state index contributed by atoms with van der Waals surface area (Å²) in [5, 5.41) is 9.34. The quantitative estimate of drug-likeness (QED) is 0.781. The fourth-order valence-corrected chi connectivity index (χ4v) is 2.02. The van der Waals surface area contributed by atoms with Crippen molar-refractivity contribution >= 4 is 24.2 Å². The lowest BCUT2D eigenvalue weighted by Crippen LogP contribution is -2.04. The summed E-state index contributed by atoms with van der Waals surface area (Å²) >= 11 is 0. The molecule has 0 saturated carbocycles. The molecule has 0 fully saturated rings. The maximum atomic E-state index is 11.4. The minimum absolute atomic E-state index is 0.286. The maximum Gasteiger partial charge on any atom is 0.336 e. The van der Waals surface area contributed by atoms with Gasteiger partial charge in [0.25, 0.3) is 0 Å². The molecule has 0 aliphatic carbocycles. The average Bonchev–Trinajstić information content (AvgIpc) is 2.37. The molecular formula is C17H18O2. The Bertz CT molecular complexity index is 575. The molecule has 1 rings (SSSR count). The summed E-state index contributed by atoms with van der Waals surface area (Å²) in [6.07, 6.45) is 10.6. The molecule has 1 N–H and O–H groups in total. The van der Waals surface area contributed by atoms with E-state index < -0.39 is 5.97 Å². The van der Waals surface area contributed by atoms with Crippen molar-refractivity contribution in [1.29, 1.82) is 0 Å². The van der Waals surface area contributed by atoms with Crippen molar-refractivity contribution in [3.05, 3.63) is 65.3 Å². The van der Waals surface area contributed by atoms with E-state index in [1.54, 1.807) is 30.4 Å². The van der Waals surface area contributed by atoms with Gasteiger partial charge in [-0.2, -0.15) is 0 Å². The van der Waals surface area contributed by atoms with Gasteiger partial charge in [0.1, 0.15) is 0 Å². The molecule has 2 heteroatoms. The van der Waals surface area contributed by atoms with Crippen LogP contribution in [0.2, 0.25) is 0 Å². The van der Waals surface area contributed by atoms with Crippen LogP contribution in [0.1, 0.15) is 39.5 Å². The number of carbonyl (C=O) groups is 1. The summed E-state index contributed by atoms with van der Waals surface area (Å²) in [5.41, 5.74) is 3.70. The molecule has 0 radical (unpaired) electrons. The molecule has 0 aromatic heterocycles. The number of benzene rings is 1. The number of hydrogen-bond donors (Lipinski definition) is 1. The molecule has 2 nitrogen and oxygen atoms in total. The number of aromatic carboxylic acids is 1. The highest BCUT2D eigenvalue weighted by atomic mass is 16.4. The predicted molar refractivity (Wildman–Crippen MR) is 82.2 cm³/mol. The van der Waals surface area contributed by atoms with Gasteiger partial charge < -0.3 is 5.11 Å². The van der Waals surface area contributed by atoms with Crippen LogP contribution < -0.4 is 0 Å². The Morgan fingerprint density at radius 3 is 2.42 bits per heavy atom. The Balaban J connectivity index is 3.70. The summed E-state index contributed by atoms with van der Waals surface area (Å²) in [6.45, 7) is 11.2. The van der Waals surface area contributed by atoms with E-state index in [1.807, 2.05) is 26.0 Å². The Kier molecular flexibility index (Phi) is 5.07. The third-order valence-electron chi connectivity index (χ3n) is 2.89. The topological polar surface area (TPSA) is 37.3 Å². The van der Waals surface area contributed by atoms with Crippen LogP contribution in [0.5, 0.6) is 0 Å². The van der Waals surface area contributed by atoms with Crippen LogP contribution in [-0.2, 0) is 0 Å². The first-order valence-corrected chi connectivity index (χ1v) is 6.01. The zero-order valence-corrected chi connectivity index (χ0v) is 11.3. The van der Waals surface area contributed by atoms with Crippen molar-refractivity contribution in [3.8, 4) is 0 Å². The minimum Gasteiger partial charge on any atom is -0.478 e. The van der Waals surface area contributed by atoms with E-state index in [0.717, 1.165) is 16.7 Å². The van der Waals surface area contributed by atoms with Crippen LogP contribution in [-0.4, -0.2) is 11.1 Å². The van der Waals surface area contributed by atoms with Gasteiger partial charge in [-0.3, -0.25) is 0 Å². The first kappa shape index (κ1) is 14.7. The largest absolute Gasteiger partial charge is 0.478 e. The second-order valence-electron chi connectivity index (χ2n) is 4.07. The lowest BCUT2D eigenvalue weighted by molar-refractivity contribution is 0.0696. The average molecular weight is 254 g/mol. The highest BCUT2D eigenvalue weighted by molar-refractivity contribution is 5.95. The summed E-state index contributed by atoms with van der Waals surface area (Å²) in [5.74, 6) is -0.937. The van der Waals surface area contributed by atoms with E-state index in [1.165, 1.54) is 0 Å². The second kappa shape index (κ2) is 6.55. The van der Waals surface area contributed by atoms with E-state index in [2.05, 4.69) is 13.2 Å². The van der Waals surface area contributed by atoms with E-state index >= 15 is 0 Å². The minimum atomic E-state index is -0.937. The lowest BCUT2D eigenvalue weighted by Gasteiger charge is -2.13. The van der Waals surface area contributed by atoms with Crippen molar-refractivity contribution in [2.45, 2.75) is 13.8 Å². The molecule has 1 aromatic carbocycles. The molecule has 1 aromatic rings. The van der Waals surface area contributed by atoms with E-state index in [-0.39, 0.29) is 5.56 Å². The third-order valence-corrected chi connectivity index (χ3v) is 2.89. The van der Waals surface area contributed by atoms with E-state index in [9.17, 15) is 9.90 Å². The molecule has 0 saturated heterocycles. The predicted octanol–water partition coefficient (Wildman–Crippen LogP) is 4.57. The summed E-state index contributed by atoms with van der Waals surface area (Å²) in [7, 11) is 0. The number of hydrogen-bond acceptors (Lipinski definition) is 1. The summed E-state index contributed by atoms with van der Waals surface area (Å²) < 4.78 is 0. The maximum absolute atomic E-state index is 11.4. The van der Waals surface area contributed by atoms with Crippen molar-refractivity contribution in [2.75, 3.05) is 0 Å². The van der Waals surface area contributed by atoms with Crippen LogP contribution in [0.3, 0.4) is 0 Å². The van der Waals surface area contributed by atoms with E-state index in [4.69, 9.17) is 0 Å².